The summed E-state index contributed by atoms with van der Waals surface area (Å²) in [6.07, 6.45) is 0.839. The normalized spacial score (nSPS) is 11.5. The van der Waals surface area contributed by atoms with Gasteiger partial charge in [-0.1, -0.05) is 26.0 Å². The van der Waals surface area contributed by atoms with Crippen LogP contribution in [0.15, 0.2) is 29.3 Å². The number of nitrogens with one attached hydrogen (secondary N) is 2. The average Bonchev–Trinajstić information content (AvgIpc) is 2.63. The van der Waals surface area contributed by atoms with Crippen LogP contribution in [0.25, 0.3) is 0 Å². The summed E-state index contributed by atoms with van der Waals surface area (Å²) < 4.78 is 0. The molecule has 0 unspecified atom stereocenters. The van der Waals surface area contributed by atoms with Crippen LogP contribution in [0.3, 0.4) is 0 Å². The van der Waals surface area contributed by atoms with Crippen LogP contribution in [0.4, 0.5) is 0 Å². The summed E-state index contributed by atoms with van der Waals surface area (Å²) in [7, 11) is 5.32. The minimum absolute atomic E-state index is 0.0312. The molecule has 1 aromatic carbocycles. The van der Waals surface area contributed by atoms with Gasteiger partial charge in [0.25, 0.3) is 5.91 Å². The van der Waals surface area contributed by atoms with Gasteiger partial charge < -0.3 is 20.4 Å². The lowest BCUT2D eigenvalue weighted by Gasteiger charge is -2.19. The summed E-state index contributed by atoms with van der Waals surface area (Å²) in [5.41, 5.74) is 1.86. The number of aliphatic imine (C=N–C) groups is 1. The van der Waals surface area contributed by atoms with Crippen LogP contribution >= 0.6 is 0 Å². The van der Waals surface area contributed by atoms with Gasteiger partial charge in [-0.15, -0.1) is 0 Å². The van der Waals surface area contributed by atoms with Gasteiger partial charge in [0.2, 0.25) is 0 Å². The Morgan fingerprint density at radius 2 is 1.80 bits per heavy atom. The topological polar surface area (TPSA) is 60.0 Å². The second-order valence-corrected chi connectivity index (χ2v) is 6.10. The molecule has 0 saturated carbocycles. The largest absolute Gasteiger partial charge is 0.356 e. The molecule has 0 aliphatic carbocycles. The third kappa shape index (κ3) is 7.56. The van der Waals surface area contributed by atoms with Crippen molar-refractivity contribution < 1.29 is 4.79 Å². The SMILES string of the molecule is CCN(CC)CCNC(=NC)NCCc1cccc(C(=O)N(C)C)c1. The quantitative estimate of drug-likeness (QED) is 0.524. The van der Waals surface area contributed by atoms with E-state index < -0.39 is 0 Å². The molecule has 0 aliphatic rings. The van der Waals surface area contributed by atoms with Gasteiger partial charge in [-0.2, -0.15) is 0 Å². The first-order valence-electron chi connectivity index (χ1n) is 8.99. The van der Waals surface area contributed by atoms with Crippen LogP contribution in [0.5, 0.6) is 0 Å². The number of rotatable bonds is 9. The molecule has 6 nitrogen and oxygen atoms in total. The fourth-order valence-electron chi connectivity index (χ4n) is 2.54. The van der Waals surface area contributed by atoms with Gasteiger partial charge in [-0.05, 0) is 37.2 Å². The molecule has 1 rings (SSSR count). The van der Waals surface area contributed by atoms with E-state index in [2.05, 4.69) is 34.4 Å². The van der Waals surface area contributed by atoms with E-state index in [1.807, 2.05) is 24.3 Å². The third-order valence-electron chi connectivity index (χ3n) is 4.12. The minimum atomic E-state index is 0.0312. The molecule has 1 aromatic rings. The van der Waals surface area contributed by atoms with E-state index in [0.29, 0.717) is 0 Å². The lowest BCUT2D eigenvalue weighted by atomic mass is 10.1. The molecule has 0 aromatic heterocycles. The van der Waals surface area contributed by atoms with Crippen molar-refractivity contribution in [1.82, 2.24) is 20.4 Å². The molecule has 0 saturated heterocycles. The molecule has 0 fully saturated rings. The standard InChI is InChI=1S/C19H33N5O/c1-6-24(7-2)14-13-22-19(20-3)21-12-11-16-9-8-10-17(15-16)18(25)23(4)5/h8-10,15H,6-7,11-14H2,1-5H3,(H2,20,21,22). The Hall–Kier alpha value is -2.08. The minimum Gasteiger partial charge on any atom is -0.356 e. The highest BCUT2D eigenvalue weighted by Gasteiger charge is 2.08. The highest BCUT2D eigenvalue weighted by molar-refractivity contribution is 5.94. The van der Waals surface area contributed by atoms with E-state index in [9.17, 15) is 4.79 Å². The van der Waals surface area contributed by atoms with Gasteiger partial charge in [-0.3, -0.25) is 9.79 Å². The number of carbonyl (C=O) groups is 1. The van der Waals surface area contributed by atoms with Crippen LogP contribution in [-0.4, -0.2) is 75.5 Å². The first-order valence-corrected chi connectivity index (χ1v) is 8.99. The number of nitrogens with zero attached hydrogens (tertiary/aromatic N) is 3. The number of benzene rings is 1. The van der Waals surface area contributed by atoms with Gasteiger partial charge in [-0.25, -0.2) is 0 Å². The van der Waals surface area contributed by atoms with Crippen molar-refractivity contribution >= 4 is 11.9 Å². The van der Waals surface area contributed by atoms with Crippen LogP contribution in [0.2, 0.25) is 0 Å². The van der Waals surface area contributed by atoms with Gasteiger partial charge in [0, 0.05) is 46.3 Å². The van der Waals surface area contributed by atoms with E-state index in [-0.39, 0.29) is 5.91 Å². The maximum absolute atomic E-state index is 12.0. The molecule has 2 N–H and O–H groups in total. The van der Waals surface area contributed by atoms with Crippen molar-refractivity contribution in [3.8, 4) is 0 Å². The maximum atomic E-state index is 12.0. The van der Waals surface area contributed by atoms with E-state index in [0.717, 1.165) is 56.2 Å². The Kier molecular flexibility index (Phi) is 9.62. The predicted octanol–water partition coefficient (Wildman–Crippen LogP) is 1.44. The number of hydrogen-bond acceptors (Lipinski definition) is 3. The van der Waals surface area contributed by atoms with Crippen LogP contribution in [0.1, 0.15) is 29.8 Å². The van der Waals surface area contributed by atoms with Gasteiger partial charge in [0.1, 0.15) is 0 Å². The molecular weight excluding hydrogens is 314 g/mol. The predicted molar refractivity (Wildman–Crippen MR) is 105 cm³/mol. The molecule has 0 aliphatic heterocycles. The summed E-state index contributed by atoms with van der Waals surface area (Å²) in [6, 6.07) is 7.79. The molecule has 0 radical (unpaired) electrons. The zero-order valence-electron chi connectivity index (χ0n) is 16.3. The van der Waals surface area contributed by atoms with Crippen molar-refractivity contribution in [1.29, 1.82) is 0 Å². The van der Waals surface area contributed by atoms with Gasteiger partial charge in [0.15, 0.2) is 5.96 Å². The lowest BCUT2D eigenvalue weighted by molar-refractivity contribution is 0.0827. The zero-order valence-corrected chi connectivity index (χ0v) is 16.3. The monoisotopic (exact) mass is 347 g/mol. The summed E-state index contributed by atoms with van der Waals surface area (Å²) >= 11 is 0. The van der Waals surface area contributed by atoms with Crippen molar-refractivity contribution in [3.05, 3.63) is 35.4 Å². The number of likely N-dealkylation sites (N-methyl/N-ethyl adjacent to an activating group) is 1. The van der Waals surface area contributed by atoms with Crippen LogP contribution in [0, 0.1) is 0 Å². The van der Waals surface area contributed by atoms with Crippen molar-refractivity contribution in [2.45, 2.75) is 20.3 Å². The zero-order chi connectivity index (χ0) is 18.7. The van der Waals surface area contributed by atoms with E-state index in [4.69, 9.17) is 0 Å². The van der Waals surface area contributed by atoms with Gasteiger partial charge >= 0.3 is 0 Å². The van der Waals surface area contributed by atoms with Gasteiger partial charge in [0.05, 0.1) is 0 Å². The molecule has 1 amide bonds. The number of guanidine groups is 1. The molecule has 0 heterocycles. The molecule has 0 spiro atoms. The molecule has 0 atom stereocenters. The second kappa shape index (κ2) is 11.5. The number of carbonyl (C=O) groups excluding carboxylic acids is 1. The summed E-state index contributed by atoms with van der Waals surface area (Å²) in [5, 5.41) is 6.66. The Labute approximate surface area is 152 Å². The second-order valence-electron chi connectivity index (χ2n) is 6.10. The highest BCUT2D eigenvalue weighted by atomic mass is 16.2. The first kappa shape index (κ1) is 21.0. The third-order valence-corrected chi connectivity index (χ3v) is 4.12. The molecule has 0 bridgehead atoms. The van der Waals surface area contributed by atoms with Crippen molar-refractivity contribution in [2.75, 3.05) is 53.9 Å². The Morgan fingerprint density at radius 1 is 1.12 bits per heavy atom. The van der Waals surface area contributed by atoms with E-state index in [1.165, 1.54) is 0 Å². The fourth-order valence-corrected chi connectivity index (χ4v) is 2.54. The highest BCUT2D eigenvalue weighted by Crippen LogP contribution is 2.07. The lowest BCUT2D eigenvalue weighted by Crippen LogP contribution is -2.42. The van der Waals surface area contributed by atoms with E-state index >= 15 is 0 Å². The number of hydrogen-bond donors (Lipinski definition) is 2. The molecular formula is C19H33N5O. The van der Waals surface area contributed by atoms with Crippen LogP contribution in [-0.2, 0) is 6.42 Å². The smallest absolute Gasteiger partial charge is 0.253 e. The Balaban J connectivity index is 2.42. The first-order chi connectivity index (χ1) is 12.0. The Bertz CT molecular complexity index is 553. The summed E-state index contributed by atoms with van der Waals surface area (Å²) in [4.78, 5) is 20.2. The summed E-state index contributed by atoms with van der Waals surface area (Å²) in [6.45, 7) is 9.11. The summed E-state index contributed by atoms with van der Waals surface area (Å²) in [5.74, 6) is 0.844. The molecule has 140 valence electrons. The molecule has 25 heavy (non-hydrogen) atoms. The van der Waals surface area contributed by atoms with Crippen molar-refractivity contribution in [3.63, 3.8) is 0 Å². The van der Waals surface area contributed by atoms with E-state index in [1.54, 1.807) is 26.0 Å². The molecule has 6 heteroatoms. The Morgan fingerprint density at radius 3 is 2.40 bits per heavy atom. The fraction of sp³-hybridized carbons (Fsp3) is 0.579. The maximum Gasteiger partial charge on any atom is 0.253 e. The van der Waals surface area contributed by atoms with Crippen LogP contribution < -0.4 is 10.6 Å². The number of amides is 1. The average molecular weight is 348 g/mol. The van der Waals surface area contributed by atoms with Crippen molar-refractivity contribution in [2.24, 2.45) is 4.99 Å².